The molecule has 1 unspecified atom stereocenters. The number of rotatable bonds is 4. The van der Waals surface area contributed by atoms with E-state index in [-0.39, 0.29) is 0 Å². The van der Waals surface area contributed by atoms with Gasteiger partial charge in [-0.15, -0.1) is 11.3 Å². The molecule has 1 saturated heterocycles. The van der Waals surface area contributed by atoms with E-state index in [1.54, 1.807) is 0 Å². The van der Waals surface area contributed by atoms with Crippen molar-refractivity contribution in [1.82, 2.24) is 14.9 Å². The number of hydrogen-bond acceptors (Lipinski definition) is 6. The van der Waals surface area contributed by atoms with Crippen molar-refractivity contribution in [1.29, 1.82) is 0 Å². The summed E-state index contributed by atoms with van der Waals surface area (Å²) in [6.07, 6.45) is 3.39. The molecule has 1 aliphatic carbocycles. The normalized spacial score (nSPS) is 19.8. The number of benzene rings is 1. The smallest absolute Gasteiger partial charge is 0.231 e. The molecule has 2 aliphatic rings. The number of thiophene rings is 1. The van der Waals surface area contributed by atoms with Crippen LogP contribution in [0.4, 0.5) is 0 Å². The minimum absolute atomic E-state index is 0.681. The number of aryl methyl sites for hydroxylation is 2. The average Bonchev–Trinajstić information content (AvgIpc) is 3.08. The Morgan fingerprint density at radius 1 is 1.27 bits per heavy atom. The molecule has 0 amide bonds. The lowest BCUT2D eigenvalue weighted by Crippen LogP contribution is -2.36. The average molecular weight is 444 g/mol. The lowest BCUT2D eigenvalue weighted by molar-refractivity contribution is 0.0330. The van der Waals surface area contributed by atoms with E-state index in [9.17, 15) is 0 Å². The molecule has 158 valence electrons. The first-order valence-electron chi connectivity index (χ1n) is 10.6. The molecule has 1 aromatic carbocycles. The summed E-state index contributed by atoms with van der Waals surface area (Å²) in [6, 6.07) is 5.71. The van der Waals surface area contributed by atoms with Gasteiger partial charge in [-0.2, -0.15) is 4.98 Å². The van der Waals surface area contributed by atoms with Crippen LogP contribution < -0.4 is 4.74 Å². The van der Waals surface area contributed by atoms with E-state index < -0.39 is 0 Å². The summed E-state index contributed by atoms with van der Waals surface area (Å²) in [5.41, 5.74) is 2.38. The number of halogens is 1. The molecular formula is C23H26ClN3O2S. The van der Waals surface area contributed by atoms with E-state index in [1.807, 2.05) is 36.5 Å². The van der Waals surface area contributed by atoms with Crippen LogP contribution in [0.1, 0.15) is 35.2 Å². The molecule has 3 heterocycles. The topological polar surface area (TPSA) is 47.5 Å². The molecule has 0 spiro atoms. The van der Waals surface area contributed by atoms with Gasteiger partial charge in [0.15, 0.2) is 0 Å². The van der Waals surface area contributed by atoms with Gasteiger partial charge in [-0.3, -0.25) is 4.90 Å². The van der Waals surface area contributed by atoms with Crippen molar-refractivity contribution in [2.75, 3.05) is 26.3 Å². The Labute approximate surface area is 186 Å². The van der Waals surface area contributed by atoms with E-state index in [0.29, 0.717) is 23.4 Å². The van der Waals surface area contributed by atoms with Gasteiger partial charge in [0, 0.05) is 23.0 Å². The SMILES string of the molecule is Cc1cc(Cl)ccc1Oc1nc(CN2CCOCC2)nc2sc3c(c12)CCC(C)C3. The molecule has 7 heteroatoms. The molecule has 3 aromatic rings. The van der Waals surface area contributed by atoms with Gasteiger partial charge >= 0.3 is 0 Å². The Kier molecular flexibility index (Phi) is 5.67. The van der Waals surface area contributed by atoms with Crippen molar-refractivity contribution >= 4 is 33.2 Å². The highest BCUT2D eigenvalue weighted by molar-refractivity contribution is 7.18. The van der Waals surface area contributed by atoms with Crippen molar-refractivity contribution < 1.29 is 9.47 Å². The van der Waals surface area contributed by atoms with Crippen LogP contribution in [0.25, 0.3) is 10.2 Å². The van der Waals surface area contributed by atoms with Gasteiger partial charge in [0.05, 0.1) is 25.1 Å². The van der Waals surface area contributed by atoms with E-state index in [0.717, 1.165) is 66.5 Å². The third kappa shape index (κ3) is 4.06. The molecule has 0 N–H and O–H groups in total. The zero-order valence-electron chi connectivity index (χ0n) is 17.4. The fourth-order valence-electron chi connectivity index (χ4n) is 4.29. The standard InChI is InChI=1S/C23H26ClN3O2S/c1-14-3-5-17-19(11-14)30-23-21(17)22(29-18-6-4-16(24)12-15(18)2)25-20(26-23)13-27-7-9-28-10-8-27/h4,6,12,14H,3,5,7-11,13H2,1-2H3. The Morgan fingerprint density at radius 2 is 2.10 bits per heavy atom. The van der Waals surface area contributed by atoms with Gasteiger partial charge in [0.1, 0.15) is 16.4 Å². The predicted octanol–water partition coefficient (Wildman–Crippen LogP) is 5.40. The monoisotopic (exact) mass is 443 g/mol. The molecule has 1 fully saturated rings. The van der Waals surface area contributed by atoms with E-state index in [1.165, 1.54) is 16.9 Å². The van der Waals surface area contributed by atoms with Gasteiger partial charge in [-0.1, -0.05) is 18.5 Å². The van der Waals surface area contributed by atoms with Gasteiger partial charge in [-0.25, -0.2) is 4.98 Å². The fourth-order valence-corrected chi connectivity index (χ4v) is 5.91. The summed E-state index contributed by atoms with van der Waals surface area (Å²) in [5, 5.41) is 1.81. The van der Waals surface area contributed by atoms with E-state index >= 15 is 0 Å². The maximum absolute atomic E-state index is 6.41. The van der Waals surface area contributed by atoms with Crippen LogP contribution in [-0.2, 0) is 24.1 Å². The summed E-state index contributed by atoms with van der Waals surface area (Å²) < 4.78 is 11.9. The molecule has 5 nitrogen and oxygen atoms in total. The number of ether oxygens (including phenoxy) is 2. The van der Waals surface area contributed by atoms with E-state index in [2.05, 4.69) is 11.8 Å². The van der Waals surface area contributed by atoms with Gasteiger partial charge in [0.2, 0.25) is 5.88 Å². The third-order valence-corrected chi connectivity index (χ3v) is 7.36. The Balaban J connectivity index is 1.57. The zero-order chi connectivity index (χ0) is 20.7. The quantitative estimate of drug-likeness (QED) is 0.540. The lowest BCUT2D eigenvalue weighted by Gasteiger charge is -2.25. The van der Waals surface area contributed by atoms with Crippen LogP contribution in [-0.4, -0.2) is 41.2 Å². The maximum Gasteiger partial charge on any atom is 0.231 e. The van der Waals surface area contributed by atoms with E-state index in [4.69, 9.17) is 31.0 Å². The first-order chi connectivity index (χ1) is 14.6. The van der Waals surface area contributed by atoms with Gasteiger partial charge in [0.25, 0.3) is 0 Å². The van der Waals surface area contributed by atoms with Crippen LogP contribution in [0, 0.1) is 12.8 Å². The number of hydrogen-bond donors (Lipinski definition) is 0. The fraction of sp³-hybridized carbons (Fsp3) is 0.478. The Hall–Kier alpha value is -1.73. The Morgan fingerprint density at radius 3 is 2.90 bits per heavy atom. The number of nitrogens with zero attached hydrogens (tertiary/aromatic N) is 3. The van der Waals surface area contributed by atoms with Crippen LogP contribution in [0.3, 0.4) is 0 Å². The van der Waals surface area contributed by atoms with Crippen molar-refractivity contribution in [3.05, 3.63) is 45.1 Å². The van der Waals surface area contributed by atoms with Crippen LogP contribution in [0.5, 0.6) is 11.6 Å². The summed E-state index contributed by atoms with van der Waals surface area (Å²) in [4.78, 5) is 14.7. The maximum atomic E-state index is 6.41. The molecule has 2 aromatic heterocycles. The summed E-state index contributed by atoms with van der Waals surface area (Å²) in [6.45, 7) is 8.41. The van der Waals surface area contributed by atoms with Crippen molar-refractivity contribution in [3.8, 4) is 11.6 Å². The molecule has 0 saturated carbocycles. The van der Waals surface area contributed by atoms with Crippen molar-refractivity contribution in [2.24, 2.45) is 5.92 Å². The second-order valence-corrected chi connectivity index (χ2v) is 9.90. The van der Waals surface area contributed by atoms with Crippen LogP contribution in [0.15, 0.2) is 18.2 Å². The predicted molar refractivity (Wildman–Crippen MR) is 121 cm³/mol. The molecule has 1 aliphatic heterocycles. The first-order valence-corrected chi connectivity index (χ1v) is 11.8. The number of fused-ring (bicyclic) bond motifs is 3. The van der Waals surface area contributed by atoms with Gasteiger partial charge < -0.3 is 9.47 Å². The first kappa shape index (κ1) is 20.2. The molecular weight excluding hydrogens is 418 g/mol. The van der Waals surface area contributed by atoms with Gasteiger partial charge in [-0.05, 0) is 61.4 Å². The summed E-state index contributed by atoms with van der Waals surface area (Å²) in [7, 11) is 0. The molecule has 0 bridgehead atoms. The highest BCUT2D eigenvalue weighted by Gasteiger charge is 2.25. The highest BCUT2D eigenvalue weighted by Crippen LogP contribution is 2.42. The number of aromatic nitrogens is 2. The third-order valence-electron chi connectivity index (χ3n) is 5.98. The summed E-state index contributed by atoms with van der Waals surface area (Å²) in [5.74, 6) is 3.01. The summed E-state index contributed by atoms with van der Waals surface area (Å²) >= 11 is 7.96. The van der Waals surface area contributed by atoms with Crippen LogP contribution >= 0.6 is 22.9 Å². The molecule has 0 radical (unpaired) electrons. The minimum Gasteiger partial charge on any atom is -0.438 e. The molecule has 1 atom stereocenters. The molecule has 30 heavy (non-hydrogen) atoms. The second kappa shape index (κ2) is 8.42. The van der Waals surface area contributed by atoms with Crippen LogP contribution in [0.2, 0.25) is 5.02 Å². The molecule has 5 rings (SSSR count). The Bertz CT molecular complexity index is 1080. The second-order valence-electron chi connectivity index (χ2n) is 8.38. The number of morpholine rings is 1. The largest absolute Gasteiger partial charge is 0.438 e. The minimum atomic E-state index is 0.681. The zero-order valence-corrected chi connectivity index (χ0v) is 19.0. The van der Waals surface area contributed by atoms with Crippen molar-refractivity contribution in [3.63, 3.8) is 0 Å². The highest BCUT2D eigenvalue weighted by atomic mass is 35.5. The van der Waals surface area contributed by atoms with Crippen molar-refractivity contribution in [2.45, 2.75) is 39.7 Å². The lowest BCUT2D eigenvalue weighted by atomic mass is 9.89.